The summed E-state index contributed by atoms with van der Waals surface area (Å²) in [6.45, 7) is 1.92. The van der Waals surface area contributed by atoms with Crippen molar-refractivity contribution in [1.29, 1.82) is 5.26 Å². The summed E-state index contributed by atoms with van der Waals surface area (Å²) in [6, 6.07) is 13.4. The van der Waals surface area contributed by atoms with E-state index in [1.165, 1.54) is 22.8 Å². The molecule has 2 heterocycles. The molecule has 4 N–H and O–H groups in total. The highest BCUT2D eigenvalue weighted by Gasteiger charge is 2.31. The molecule has 2 aromatic carbocycles. The Bertz CT molecular complexity index is 1710. The van der Waals surface area contributed by atoms with Crippen molar-refractivity contribution < 1.29 is 31.1 Å². The van der Waals surface area contributed by atoms with E-state index in [0.717, 1.165) is 57.7 Å². The first-order chi connectivity index (χ1) is 21.5. The molecule has 0 radical (unpaired) electrons. The van der Waals surface area contributed by atoms with Gasteiger partial charge in [-0.3, -0.25) is 4.90 Å². The summed E-state index contributed by atoms with van der Waals surface area (Å²) in [7, 11) is -4.01. The molecule has 2 aliphatic rings. The number of nitrogens with zero attached hydrogens (tertiary/aromatic N) is 3. The van der Waals surface area contributed by atoms with Crippen LogP contribution >= 0.6 is 0 Å². The first kappa shape index (κ1) is 32.4. The van der Waals surface area contributed by atoms with E-state index in [-0.39, 0.29) is 35.5 Å². The largest absolute Gasteiger partial charge is 0.477 e. The lowest BCUT2D eigenvalue weighted by Gasteiger charge is -2.39. The SMILES string of the molecule is N#CCOc1cc(S(N)(=O)=O)ccc1NCC#Cc1cc2c(NC3CCC(N4CCOCC4)CC3)cccc2n1CC(F)(F)F. The number of anilines is 2. The number of sulfonamides is 1. The molecule has 45 heavy (non-hydrogen) atoms. The van der Waals surface area contributed by atoms with Crippen molar-refractivity contribution in [2.45, 2.75) is 55.4 Å². The molecular weight excluding hydrogens is 609 g/mol. The highest BCUT2D eigenvalue weighted by Crippen LogP contribution is 2.33. The van der Waals surface area contributed by atoms with Crippen LogP contribution in [0.1, 0.15) is 31.4 Å². The molecular formula is C31H35F3N6O4S. The quantitative estimate of drug-likeness (QED) is 0.294. The van der Waals surface area contributed by atoms with Crippen LogP contribution < -0.4 is 20.5 Å². The Hall–Kier alpha value is -3.95. The Balaban J connectivity index is 1.33. The number of hydrogen-bond donors (Lipinski definition) is 3. The maximum absolute atomic E-state index is 13.7. The fourth-order valence-electron chi connectivity index (χ4n) is 5.94. The molecule has 1 saturated carbocycles. The fourth-order valence-corrected chi connectivity index (χ4v) is 6.47. The van der Waals surface area contributed by atoms with Crippen molar-refractivity contribution in [2.24, 2.45) is 5.14 Å². The minimum atomic E-state index is -4.46. The Morgan fingerprint density at radius 1 is 1.07 bits per heavy atom. The Morgan fingerprint density at radius 2 is 1.82 bits per heavy atom. The third-order valence-electron chi connectivity index (χ3n) is 8.06. The maximum atomic E-state index is 13.7. The van der Waals surface area contributed by atoms with Crippen molar-refractivity contribution in [3.8, 4) is 23.7 Å². The van der Waals surface area contributed by atoms with Crippen LogP contribution in [-0.4, -0.2) is 75.6 Å². The normalized spacial score (nSPS) is 19.4. The highest BCUT2D eigenvalue weighted by atomic mass is 32.2. The molecule has 0 atom stereocenters. The smallest absolute Gasteiger partial charge is 0.406 e. The van der Waals surface area contributed by atoms with E-state index in [0.29, 0.717) is 22.6 Å². The lowest BCUT2D eigenvalue weighted by atomic mass is 9.89. The molecule has 2 fully saturated rings. The first-order valence-corrected chi connectivity index (χ1v) is 16.2. The summed E-state index contributed by atoms with van der Waals surface area (Å²) in [5.41, 5.74) is 1.76. The third-order valence-corrected chi connectivity index (χ3v) is 8.97. The summed E-state index contributed by atoms with van der Waals surface area (Å²) >= 11 is 0. The van der Waals surface area contributed by atoms with Gasteiger partial charge < -0.3 is 24.7 Å². The number of fused-ring (bicyclic) bond motifs is 1. The monoisotopic (exact) mass is 644 g/mol. The van der Waals surface area contributed by atoms with Gasteiger partial charge in [0.25, 0.3) is 0 Å². The van der Waals surface area contributed by atoms with Crippen molar-refractivity contribution >= 4 is 32.3 Å². The summed E-state index contributed by atoms with van der Waals surface area (Å²) in [4.78, 5) is 2.30. The van der Waals surface area contributed by atoms with Crippen LogP contribution in [-0.2, 0) is 21.3 Å². The van der Waals surface area contributed by atoms with E-state index in [9.17, 15) is 21.6 Å². The molecule has 0 amide bonds. The Morgan fingerprint density at radius 3 is 2.51 bits per heavy atom. The van der Waals surface area contributed by atoms with Gasteiger partial charge >= 0.3 is 6.18 Å². The molecule has 0 bridgehead atoms. The lowest BCUT2D eigenvalue weighted by molar-refractivity contribution is -0.140. The van der Waals surface area contributed by atoms with Gasteiger partial charge in [-0.15, -0.1) is 0 Å². The standard InChI is InChI=1S/C31H35F3N6O4S/c32-31(33,34)21-40-24(3-2-13-37-28-11-10-25(45(36,41)42)20-30(28)44-16-12-35)19-26-27(4-1-5-29(26)40)38-22-6-8-23(9-7-22)39-14-17-43-18-15-39/h1,4-5,10-11,19-20,22-23,37-38H,6-9,13-18,21H2,(H2,36,41,42). The number of primary sulfonamides is 1. The zero-order chi connectivity index (χ0) is 32.0. The maximum Gasteiger partial charge on any atom is 0.406 e. The second kappa shape index (κ2) is 14.0. The average molecular weight is 645 g/mol. The second-order valence-electron chi connectivity index (χ2n) is 11.1. The number of nitrogens with one attached hydrogen (secondary N) is 2. The number of aromatic nitrogens is 1. The predicted octanol–water partition coefficient (Wildman–Crippen LogP) is 4.27. The number of benzene rings is 2. The molecule has 3 aromatic rings. The minimum absolute atomic E-state index is 0.00265. The van der Waals surface area contributed by atoms with Crippen molar-refractivity contribution in [3.05, 3.63) is 48.2 Å². The van der Waals surface area contributed by atoms with E-state index in [1.54, 1.807) is 18.2 Å². The number of rotatable bonds is 9. The van der Waals surface area contributed by atoms with Crippen LogP contribution in [0.4, 0.5) is 24.5 Å². The van der Waals surface area contributed by atoms with Crippen LogP contribution in [0.15, 0.2) is 47.4 Å². The third kappa shape index (κ3) is 8.41. The second-order valence-corrected chi connectivity index (χ2v) is 12.6. The van der Waals surface area contributed by atoms with E-state index in [4.69, 9.17) is 19.9 Å². The van der Waals surface area contributed by atoms with Gasteiger partial charge in [0.2, 0.25) is 10.0 Å². The molecule has 10 nitrogen and oxygen atoms in total. The summed E-state index contributed by atoms with van der Waals surface area (Å²) < 4.78 is 76.4. The molecule has 1 aliphatic carbocycles. The lowest BCUT2D eigenvalue weighted by Crippen LogP contribution is -2.46. The van der Waals surface area contributed by atoms with Crippen molar-refractivity contribution in [2.75, 3.05) is 50.1 Å². The van der Waals surface area contributed by atoms with Crippen LogP contribution in [0.3, 0.4) is 0 Å². The van der Waals surface area contributed by atoms with Gasteiger partial charge in [0.05, 0.1) is 41.6 Å². The fraction of sp³-hybridized carbons (Fsp3) is 0.452. The molecule has 1 aromatic heterocycles. The van der Waals surface area contributed by atoms with E-state index < -0.39 is 22.7 Å². The number of morpholine rings is 1. The zero-order valence-electron chi connectivity index (χ0n) is 24.6. The van der Waals surface area contributed by atoms with E-state index in [1.807, 2.05) is 12.1 Å². The van der Waals surface area contributed by atoms with E-state index >= 15 is 0 Å². The van der Waals surface area contributed by atoms with Crippen LogP contribution in [0, 0.1) is 23.2 Å². The number of nitrogens with two attached hydrogens (primary N) is 1. The first-order valence-electron chi connectivity index (χ1n) is 14.7. The molecule has 1 aliphatic heterocycles. The van der Waals surface area contributed by atoms with Crippen LogP contribution in [0.5, 0.6) is 5.75 Å². The molecule has 0 unspecified atom stereocenters. The summed E-state index contributed by atoms with van der Waals surface area (Å²) in [5, 5.41) is 21.3. The van der Waals surface area contributed by atoms with Crippen LogP contribution in [0.2, 0.25) is 0 Å². The number of alkyl halides is 3. The van der Waals surface area contributed by atoms with Gasteiger partial charge in [0, 0.05) is 42.3 Å². The van der Waals surface area contributed by atoms with Crippen LogP contribution in [0.25, 0.3) is 10.9 Å². The van der Waals surface area contributed by atoms with Gasteiger partial charge in [-0.25, -0.2) is 13.6 Å². The number of halogens is 3. The Labute approximate surface area is 260 Å². The number of ether oxygens (including phenoxy) is 2. The average Bonchev–Trinajstić information content (AvgIpc) is 3.35. The van der Waals surface area contributed by atoms with Crippen molar-refractivity contribution in [3.63, 3.8) is 0 Å². The minimum Gasteiger partial charge on any atom is -0.477 e. The molecule has 14 heteroatoms. The zero-order valence-corrected chi connectivity index (χ0v) is 25.4. The molecule has 0 spiro atoms. The Kier molecular flexibility index (Phi) is 10.1. The topological polar surface area (TPSA) is 135 Å². The summed E-state index contributed by atoms with van der Waals surface area (Å²) in [5.74, 6) is 5.80. The van der Waals surface area contributed by atoms with Crippen molar-refractivity contribution in [1.82, 2.24) is 9.47 Å². The van der Waals surface area contributed by atoms with Gasteiger partial charge in [-0.1, -0.05) is 12.0 Å². The molecule has 240 valence electrons. The van der Waals surface area contributed by atoms with Gasteiger partial charge in [0.1, 0.15) is 18.4 Å². The molecule has 1 saturated heterocycles. The van der Waals surface area contributed by atoms with Gasteiger partial charge in [-0.05, 0) is 61.9 Å². The molecule has 5 rings (SSSR count). The summed E-state index contributed by atoms with van der Waals surface area (Å²) in [6.07, 6.45) is -0.405. The van der Waals surface area contributed by atoms with Gasteiger partial charge in [-0.2, -0.15) is 18.4 Å². The highest BCUT2D eigenvalue weighted by molar-refractivity contribution is 7.89. The predicted molar refractivity (Wildman–Crippen MR) is 164 cm³/mol. The number of nitriles is 1. The number of hydrogen-bond acceptors (Lipinski definition) is 8. The van der Waals surface area contributed by atoms with Gasteiger partial charge in [0.15, 0.2) is 6.61 Å². The van der Waals surface area contributed by atoms with E-state index in [2.05, 4.69) is 27.4 Å².